The van der Waals surface area contributed by atoms with Gasteiger partial charge >= 0.3 is 0 Å². The SMILES string of the molecule is CC1=C(C(=O)Nc2ccc(F)c(F)c2)[C@@H](c2ccc(Cl)cc2)NC(=S)N1. The van der Waals surface area contributed by atoms with E-state index in [1.807, 2.05) is 0 Å². The van der Waals surface area contributed by atoms with Crippen LogP contribution in [0.2, 0.25) is 5.02 Å². The lowest BCUT2D eigenvalue weighted by Crippen LogP contribution is -2.45. The summed E-state index contributed by atoms with van der Waals surface area (Å²) in [7, 11) is 0. The van der Waals surface area contributed by atoms with E-state index in [1.165, 1.54) is 6.07 Å². The highest BCUT2D eigenvalue weighted by Crippen LogP contribution is 2.28. The van der Waals surface area contributed by atoms with Crippen LogP contribution in [0.3, 0.4) is 0 Å². The van der Waals surface area contributed by atoms with Gasteiger partial charge in [0.05, 0.1) is 11.6 Å². The van der Waals surface area contributed by atoms with E-state index in [-0.39, 0.29) is 5.69 Å². The van der Waals surface area contributed by atoms with Gasteiger partial charge in [0.2, 0.25) is 0 Å². The van der Waals surface area contributed by atoms with E-state index in [9.17, 15) is 13.6 Å². The molecule has 26 heavy (non-hydrogen) atoms. The van der Waals surface area contributed by atoms with Gasteiger partial charge in [0.1, 0.15) is 0 Å². The van der Waals surface area contributed by atoms with E-state index >= 15 is 0 Å². The van der Waals surface area contributed by atoms with Crippen molar-refractivity contribution in [1.29, 1.82) is 0 Å². The number of carbonyl (C=O) groups is 1. The first kappa shape index (κ1) is 18.3. The Labute approximate surface area is 159 Å². The van der Waals surface area contributed by atoms with Crippen molar-refractivity contribution in [2.75, 3.05) is 5.32 Å². The van der Waals surface area contributed by atoms with Crippen LogP contribution in [0.1, 0.15) is 18.5 Å². The monoisotopic (exact) mass is 393 g/mol. The zero-order chi connectivity index (χ0) is 18.8. The lowest BCUT2D eigenvalue weighted by Gasteiger charge is -2.30. The fourth-order valence-corrected chi connectivity index (χ4v) is 3.07. The minimum Gasteiger partial charge on any atom is -0.351 e. The second kappa shape index (κ2) is 7.39. The summed E-state index contributed by atoms with van der Waals surface area (Å²) in [6, 6.07) is 9.65. The molecule has 4 nitrogen and oxygen atoms in total. The third-order valence-corrected chi connectivity index (χ3v) is 4.37. The molecule has 3 rings (SSSR count). The molecule has 0 bridgehead atoms. The Morgan fingerprint density at radius 2 is 1.85 bits per heavy atom. The molecule has 0 spiro atoms. The van der Waals surface area contributed by atoms with Crippen LogP contribution in [0.15, 0.2) is 53.7 Å². The van der Waals surface area contributed by atoms with Crippen LogP contribution in [0.5, 0.6) is 0 Å². The zero-order valence-corrected chi connectivity index (χ0v) is 15.1. The molecular weight excluding hydrogens is 380 g/mol. The van der Waals surface area contributed by atoms with Gasteiger partial charge in [-0.2, -0.15) is 0 Å². The third-order valence-electron chi connectivity index (χ3n) is 3.89. The summed E-state index contributed by atoms with van der Waals surface area (Å²) in [5, 5.41) is 9.48. The van der Waals surface area contributed by atoms with Gasteiger partial charge in [0.15, 0.2) is 16.7 Å². The Morgan fingerprint density at radius 1 is 1.15 bits per heavy atom. The molecule has 1 heterocycles. The summed E-state index contributed by atoms with van der Waals surface area (Å²) in [4.78, 5) is 12.8. The molecule has 1 aliphatic heterocycles. The van der Waals surface area contributed by atoms with Crippen molar-refractivity contribution in [2.45, 2.75) is 13.0 Å². The van der Waals surface area contributed by atoms with Gasteiger partial charge in [0.25, 0.3) is 5.91 Å². The number of benzene rings is 2. The number of anilines is 1. The third kappa shape index (κ3) is 3.84. The van der Waals surface area contributed by atoms with Crippen LogP contribution in [-0.2, 0) is 4.79 Å². The fourth-order valence-electron chi connectivity index (χ4n) is 2.67. The lowest BCUT2D eigenvalue weighted by molar-refractivity contribution is -0.113. The standard InChI is InChI=1S/C18H14ClF2N3OS/c1-9-15(17(25)23-12-6-7-13(20)14(21)8-12)16(24-18(26)22-9)10-2-4-11(19)5-3-10/h2-8,16H,1H3,(H,23,25)(H2,22,24,26)/t16-/m1/s1. The first-order valence-electron chi connectivity index (χ1n) is 7.65. The van der Waals surface area contributed by atoms with Crippen molar-refractivity contribution in [1.82, 2.24) is 10.6 Å². The van der Waals surface area contributed by atoms with Crippen molar-refractivity contribution < 1.29 is 13.6 Å². The van der Waals surface area contributed by atoms with Gasteiger partial charge in [0, 0.05) is 22.5 Å². The van der Waals surface area contributed by atoms with Gasteiger partial charge in [-0.05, 0) is 49.0 Å². The van der Waals surface area contributed by atoms with E-state index in [2.05, 4.69) is 16.0 Å². The number of nitrogens with one attached hydrogen (secondary N) is 3. The minimum absolute atomic E-state index is 0.150. The topological polar surface area (TPSA) is 53.2 Å². The molecule has 0 saturated heterocycles. The average molecular weight is 394 g/mol. The molecule has 0 unspecified atom stereocenters. The zero-order valence-electron chi connectivity index (χ0n) is 13.6. The Bertz CT molecular complexity index is 915. The fraction of sp³-hybridized carbons (Fsp3) is 0.111. The molecule has 8 heteroatoms. The van der Waals surface area contributed by atoms with Crippen molar-refractivity contribution in [3.63, 3.8) is 0 Å². The molecular formula is C18H14ClF2N3OS. The van der Waals surface area contributed by atoms with Crippen LogP contribution < -0.4 is 16.0 Å². The molecule has 1 aliphatic rings. The molecule has 0 saturated carbocycles. The van der Waals surface area contributed by atoms with Gasteiger partial charge < -0.3 is 16.0 Å². The Morgan fingerprint density at radius 3 is 2.50 bits per heavy atom. The summed E-state index contributed by atoms with van der Waals surface area (Å²) in [5.41, 5.74) is 1.88. The summed E-state index contributed by atoms with van der Waals surface area (Å²) in [6.45, 7) is 1.72. The maximum absolute atomic E-state index is 13.4. The summed E-state index contributed by atoms with van der Waals surface area (Å²) in [6.07, 6.45) is 0. The average Bonchev–Trinajstić information content (AvgIpc) is 2.58. The number of amides is 1. The highest BCUT2D eigenvalue weighted by Gasteiger charge is 2.30. The molecule has 0 radical (unpaired) electrons. The van der Waals surface area contributed by atoms with Crippen molar-refractivity contribution in [3.8, 4) is 0 Å². The van der Waals surface area contributed by atoms with Crippen molar-refractivity contribution >= 4 is 40.5 Å². The number of hydrogen-bond acceptors (Lipinski definition) is 2. The van der Waals surface area contributed by atoms with E-state index < -0.39 is 23.6 Å². The normalized spacial score (nSPS) is 16.8. The van der Waals surface area contributed by atoms with Crippen LogP contribution in [0, 0.1) is 11.6 Å². The highest BCUT2D eigenvalue weighted by molar-refractivity contribution is 7.80. The number of allylic oxidation sites excluding steroid dienone is 1. The van der Waals surface area contributed by atoms with Crippen LogP contribution in [0.4, 0.5) is 14.5 Å². The largest absolute Gasteiger partial charge is 0.351 e. The van der Waals surface area contributed by atoms with Crippen LogP contribution >= 0.6 is 23.8 Å². The molecule has 0 fully saturated rings. The molecule has 2 aromatic rings. The number of hydrogen-bond donors (Lipinski definition) is 3. The molecule has 3 N–H and O–H groups in total. The highest BCUT2D eigenvalue weighted by atomic mass is 35.5. The molecule has 1 atom stereocenters. The summed E-state index contributed by atoms with van der Waals surface area (Å²) < 4.78 is 26.5. The predicted octanol–water partition coefficient (Wildman–Crippen LogP) is 4.05. The first-order chi connectivity index (χ1) is 12.3. The van der Waals surface area contributed by atoms with E-state index in [4.69, 9.17) is 23.8 Å². The number of thiocarbonyl (C=S) groups is 1. The maximum Gasteiger partial charge on any atom is 0.255 e. The van der Waals surface area contributed by atoms with E-state index in [0.29, 0.717) is 21.4 Å². The predicted molar refractivity (Wildman–Crippen MR) is 101 cm³/mol. The molecule has 0 aliphatic carbocycles. The molecule has 2 aromatic carbocycles. The Balaban J connectivity index is 1.93. The van der Waals surface area contributed by atoms with Gasteiger partial charge in [-0.15, -0.1) is 0 Å². The van der Waals surface area contributed by atoms with E-state index in [1.54, 1.807) is 31.2 Å². The number of halogens is 3. The maximum atomic E-state index is 13.4. The van der Waals surface area contributed by atoms with Gasteiger partial charge in [-0.25, -0.2) is 8.78 Å². The summed E-state index contributed by atoms with van der Waals surface area (Å²) >= 11 is 11.1. The summed E-state index contributed by atoms with van der Waals surface area (Å²) in [5.74, 6) is -2.48. The second-order valence-electron chi connectivity index (χ2n) is 5.70. The first-order valence-corrected chi connectivity index (χ1v) is 8.44. The lowest BCUT2D eigenvalue weighted by atomic mass is 9.95. The van der Waals surface area contributed by atoms with Crippen LogP contribution in [0.25, 0.3) is 0 Å². The Kier molecular flexibility index (Phi) is 5.20. The van der Waals surface area contributed by atoms with Crippen LogP contribution in [-0.4, -0.2) is 11.0 Å². The Hall–Kier alpha value is -2.51. The smallest absolute Gasteiger partial charge is 0.255 e. The number of carbonyl (C=O) groups excluding carboxylic acids is 1. The quantitative estimate of drug-likeness (QED) is 0.689. The van der Waals surface area contributed by atoms with Gasteiger partial charge in [-0.1, -0.05) is 23.7 Å². The van der Waals surface area contributed by atoms with Crippen molar-refractivity contribution in [2.24, 2.45) is 0 Å². The van der Waals surface area contributed by atoms with E-state index in [0.717, 1.165) is 17.7 Å². The minimum atomic E-state index is -1.04. The second-order valence-corrected chi connectivity index (χ2v) is 6.55. The molecule has 1 amide bonds. The number of rotatable bonds is 3. The molecule has 0 aromatic heterocycles. The molecule has 134 valence electrons. The van der Waals surface area contributed by atoms with Gasteiger partial charge in [-0.3, -0.25) is 4.79 Å². The van der Waals surface area contributed by atoms with Crippen molar-refractivity contribution in [3.05, 3.63) is 76.0 Å².